The van der Waals surface area contributed by atoms with Gasteiger partial charge in [0, 0.05) is 25.2 Å². The van der Waals surface area contributed by atoms with Gasteiger partial charge in [-0.2, -0.15) is 0 Å². The largest absolute Gasteiger partial charge is 0.352 e. The minimum absolute atomic E-state index is 0. The van der Waals surface area contributed by atoms with Crippen LogP contribution in [0.3, 0.4) is 0 Å². The molecule has 0 spiro atoms. The van der Waals surface area contributed by atoms with E-state index in [1.54, 1.807) is 0 Å². The van der Waals surface area contributed by atoms with E-state index >= 15 is 0 Å². The van der Waals surface area contributed by atoms with E-state index in [4.69, 9.17) is 0 Å². The lowest BCUT2D eigenvalue weighted by Gasteiger charge is -2.37. The fourth-order valence-electron chi connectivity index (χ4n) is 4.06. The van der Waals surface area contributed by atoms with Crippen molar-refractivity contribution in [3.8, 4) is 0 Å². The van der Waals surface area contributed by atoms with Crippen molar-refractivity contribution in [2.24, 2.45) is 0 Å². The number of carbonyl (C=O) groups excluding carboxylic acids is 1. The van der Waals surface area contributed by atoms with Gasteiger partial charge in [-0.25, -0.2) is 0 Å². The van der Waals surface area contributed by atoms with Crippen molar-refractivity contribution in [2.45, 2.75) is 75.9 Å². The molecule has 22 heavy (non-hydrogen) atoms. The monoisotopic (exact) mass is 351 g/mol. The highest BCUT2D eigenvalue weighted by Crippen LogP contribution is 2.26. The second kappa shape index (κ2) is 9.96. The smallest absolute Gasteiger partial charge is 0.237 e. The topological polar surface area (TPSA) is 44.4 Å². The van der Waals surface area contributed by atoms with Crippen molar-refractivity contribution in [3.05, 3.63) is 0 Å². The minimum atomic E-state index is 0. The molecule has 0 aromatic heterocycles. The third-order valence-corrected chi connectivity index (χ3v) is 5.34. The molecule has 0 unspecified atom stereocenters. The van der Waals surface area contributed by atoms with E-state index in [0.717, 1.165) is 31.8 Å². The lowest BCUT2D eigenvalue weighted by atomic mass is 10.00. The van der Waals surface area contributed by atoms with Gasteiger partial charge in [-0.05, 0) is 45.1 Å². The van der Waals surface area contributed by atoms with Gasteiger partial charge in [0.25, 0.3) is 0 Å². The van der Waals surface area contributed by atoms with Gasteiger partial charge in [-0.15, -0.1) is 24.8 Å². The summed E-state index contributed by atoms with van der Waals surface area (Å²) in [5.41, 5.74) is 0. The number of rotatable bonds is 3. The molecule has 1 atom stereocenters. The van der Waals surface area contributed by atoms with Crippen LogP contribution in [0, 0.1) is 0 Å². The normalized spacial score (nSPS) is 27.7. The van der Waals surface area contributed by atoms with Crippen LogP contribution in [0.4, 0.5) is 0 Å². The van der Waals surface area contributed by atoms with E-state index in [1.165, 1.54) is 51.6 Å². The Morgan fingerprint density at radius 1 is 0.909 bits per heavy atom. The lowest BCUT2D eigenvalue weighted by molar-refractivity contribution is -0.124. The Hall–Kier alpha value is -0.0300. The number of carbonyl (C=O) groups is 1. The number of nitrogens with zero attached hydrogens (tertiary/aromatic N) is 1. The number of piperidine rings is 2. The maximum absolute atomic E-state index is 12.2. The second-order valence-electron chi connectivity index (χ2n) is 6.76. The van der Waals surface area contributed by atoms with Gasteiger partial charge < -0.3 is 15.5 Å². The lowest BCUT2D eigenvalue weighted by Crippen LogP contribution is -2.53. The predicted molar refractivity (Wildman–Crippen MR) is 95.1 cm³/mol. The number of likely N-dealkylation sites (tertiary alicyclic amines) is 1. The zero-order valence-electron chi connectivity index (χ0n) is 13.4. The summed E-state index contributed by atoms with van der Waals surface area (Å²) in [5, 5.41) is 6.61. The van der Waals surface area contributed by atoms with E-state index in [9.17, 15) is 4.79 Å². The van der Waals surface area contributed by atoms with Crippen molar-refractivity contribution < 1.29 is 4.79 Å². The molecule has 0 aromatic carbocycles. The summed E-state index contributed by atoms with van der Waals surface area (Å²) in [7, 11) is 0. The molecule has 4 nitrogen and oxygen atoms in total. The molecule has 2 heterocycles. The van der Waals surface area contributed by atoms with Gasteiger partial charge in [0.2, 0.25) is 5.91 Å². The van der Waals surface area contributed by atoms with Gasteiger partial charge in [0.05, 0.1) is 6.04 Å². The molecule has 0 radical (unpaired) electrons. The van der Waals surface area contributed by atoms with Gasteiger partial charge in [0.1, 0.15) is 0 Å². The van der Waals surface area contributed by atoms with Crippen LogP contribution in [-0.2, 0) is 4.79 Å². The van der Waals surface area contributed by atoms with Crippen molar-refractivity contribution in [1.29, 1.82) is 0 Å². The summed E-state index contributed by atoms with van der Waals surface area (Å²) in [6.07, 6.45) is 11.3. The van der Waals surface area contributed by atoms with Gasteiger partial charge in [-0.1, -0.05) is 19.3 Å². The SMILES string of the molecule is Cl.Cl.O=C(NC1CCN(C2CCCC2)CC1)[C@H]1CCCCN1. The molecule has 0 bridgehead atoms. The zero-order valence-corrected chi connectivity index (χ0v) is 15.0. The minimum Gasteiger partial charge on any atom is -0.352 e. The first-order valence-electron chi connectivity index (χ1n) is 8.61. The highest BCUT2D eigenvalue weighted by molar-refractivity contribution is 5.85. The number of hydrogen-bond donors (Lipinski definition) is 2. The average molecular weight is 352 g/mol. The molecule has 1 saturated carbocycles. The second-order valence-corrected chi connectivity index (χ2v) is 6.76. The molecular formula is C16H31Cl2N3O. The summed E-state index contributed by atoms with van der Waals surface area (Å²) in [5.74, 6) is 0.240. The van der Waals surface area contributed by atoms with E-state index < -0.39 is 0 Å². The molecule has 130 valence electrons. The van der Waals surface area contributed by atoms with E-state index in [2.05, 4.69) is 15.5 Å². The summed E-state index contributed by atoms with van der Waals surface area (Å²) >= 11 is 0. The fraction of sp³-hybridized carbons (Fsp3) is 0.938. The summed E-state index contributed by atoms with van der Waals surface area (Å²) in [6, 6.07) is 1.31. The maximum Gasteiger partial charge on any atom is 0.237 e. The van der Waals surface area contributed by atoms with Crippen LogP contribution in [0.25, 0.3) is 0 Å². The summed E-state index contributed by atoms with van der Waals surface area (Å²) in [6.45, 7) is 3.35. The average Bonchev–Trinajstić information content (AvgIpc) is 3.03. The van der Waals surface area contributed by atoms with Crippen molar-refractivity contribution in [1.82, 2.24) is 15.5 Å². The first-order valence-corrected chi connectivity index (χ1v) is 8.61. The van der Waals surface area contributed by atoms with Crippen LogP contribution in [-0.4, -0.2) is 48.6 Å². The third kappa shape index (κ3) is 5.26. The molecule has 3 rings (SSSR count). The van der Waals surface area contributed by atoms with Gasteiger partial charge in [0.15, 0.2) is 0 Å². The van der Waals surface area contributed by atoms with Crippen LogP contribution in [0.5, 0.6) is 0 Å². The molecular weight excluding hydrogens is 321 g/mol. The highest BCUT2D eigenvalue weighted by atomic mass is 35.5. The molecule has 2 aliphatic heterocycles. The molecule has 6 heteroatoms. The van der Waals surface area contributed by atoms with E-state index in [1.807, 2.05) is 0 Å². The van der Waals surface area contributed by atoms with Crippen molar-refractivity contribution in [2.75, 3.05) is 19.6 Å². The Morgan fingerprint density at radius 2 is 1.55 bits per heavy atom. The number of nitrogens with one attached hydrogen (secondary N) is 2. The molecule has 2 saturated heterocycles. The Kier molecular flexibility index (Phi) is 9.07. The van der Waals surface area contributed by atoms with Crippen molar-refractivity contribution in [3.63, 3.8) is 0 Å². The number of amides is 1. The van der Waals surface area contributed by atoms with E-state index in [0.29, 0.717) is 6.04 Å². The molecule has 1 amide bonds. The third-order valence-electron chi connectivity index (χ3n) is 5.34. The summed E-state index contributed by atoms with van der Waals surface area (Å²) in [4.78, 5) is 14.9. The molecule has 1 aliphatic carbocycles. The quantitative estimate of drug-likeness (QED) is 0.820. The Balaban J connectivity index is 0.00000121. The molecule has 3 aliphatic rings. The van der Waals surface area contributed by atoms with Crippen LogP contribution >= 0.6 is 24.8 Å². The first-order chi connectivity index (χ1) is 9.83. The summed E-state index contributed by atoms with van der Waals surface area (Å²) < 4.78 is 0. The predicted octanol–water partition coefficient (Wildman–Crippen LogP) is 2.50. The van der Waals surface area contributed by atoms with Crippen LogP contribution in [0.1, 0.15) is 57.8 Å². The number of hydrogen-bond acceptors (Lipinski definition) is 3. The molecule has 0 aromatic rings. The van der Waals surface area contributed by atoms with E-state index in [-0.39, 0.29) is 36.8 Å². The Morgan fingerprint density at radius 3 is 2.14 bits per heavy atom. The maximum atomic E-state index is 12.2. The highest BCUT2D eigenvalue weighted by Gasteiger charge is 2.29. The molecule has 2 N–H and O–H groups in total. The number of halogens is 2. The Bertz CT molecular complexity index is 323. The van der Waals surface area contributed by atoms with Crippen LogP contribution < -0.4 is 10.6 Å². The van der Waals surface area contributed by atoms with Crippen molar-refractivity contribution >= 4 is 30.7 Å². The Labute approximate surface area is 147 Å². The van der Waals surface area contributed by atoms with Gasteiger partial charge in [-0.3, -0.25) is 4.79 Å². The molecule has 3 fully saturated rings. The zero-order chi connectivity index (χ0) is 13.8. The van der Waals surface area contributed by atoms with Gasteiger partial charge >= 0.3 is 0 Å². The fourth-order valence-corrected chi connectivity index (χ4v) is 4.06. The standard InChI is InChI=1S/C16H29N3O.2ClH/c20-16(15-7-3-4-10-17-15)18-13-8-11-19(12-9-13)14-5-1-2-6-14;;/h13-15,17H,1-12H2,(H,18,20);2*1H/t15-;;/m1../s1. The van der Waals surface area contributed by atoms with Crippen LogP contribution in [0.2, 0.25) is 0 Å². The van der Waals surface area contributed by atoms with Crippen LogP contribution in [0.15, 0.2) is 0 Å². The first kappa shape index (κ1) is 20.0.